The summed E-state index contributed by atoms with van der Waals surface area (Å²) < 4.78 is 5.17. The van der Waals surface area contributed by atoms with Crippen LogP contribution in [0.3, 0.4) is 0 Å². The Bertz CT molecular complexity index is 1170. The molecule has 1 spiro atoms. The molecule has 0 saturated carbocycles. The van der Waals surface area contributed by atoms with Gasteiger partial charge in [-0.25, -0.2) is 0 Å². The fraction of sp³-hybridized carbons (Fsp3) is 0.545. The fourth-order valence-corrected chi connectivity index (χ4v) is 6.42. The van der Waals surface area contributed by atoms with Crippen LogP contribution in [0.5, 0.6) is 0 Å². The first kappa shape index (κ1) is 32.6. The predicted molar refractivity (Wildman–Crippen MR) is 164 cm³/mol. The first-order valence-electron chi connectivity index (χ1n) is 14.8. The maximum Gasteiger partial charge on any atom is 0.305 e. The molecule has 3 N–H and O–H groups in total. The molecule has 0 radical (unpaired) electrons. The smallest absolute Gasteiger partial charge is 0.305 e. The van der Waals surface area contributed by atoms with Gasteiger partial charge in [-0.1, -0.05) is 54.6 Å². The Morgan fingerprint density at radius 1 is 1.07 bits per heavy atom. The van der Waals surface area contributed by atoms with Gasteiger partial charge in [0.25, 0.3) is 0 Å². The normalized spacial score (nSPS) is 18.2. The summed E-state index contributed by atoms with van der Waals surface area (Å²) in [7, 11) is 0. The highest BCUT2D eigenvalue weighted by Crippen LogP contribution is 2.53. The Kier molecular flexibility index (Phi) is 11.4. The Morgan fingerprint density at radius 3 is 2.39 bits per heavy atom. The zero-order valence-corrected chi connectivity index (χ0v) is 25.5. The quantitative estimate of drug-likeness (QED) is 0.361. The third kappa shape index (κ3) is 8.10. The highest BCUT2D eigenvalue weighted by atomic mass is 35.5. The molecule has 8 heteroatoms. The van der Waals surface area contributed by atoms with E-state index >= 15 is 0 Å². The lowest BCUT2D eigenvalue weighted by Crippen LogP contribution is -2.57. The third-order valence-electron chi connectivity index (χ3n) is 8.63. The molecule has 2 aliphatic rings. The van der Waals surface area contributed by atoms with Gasteiger partial charge in [0, 0.05) is 19.5 Å². The molecule has 2 aromatic carbocycles. The summed E-state index contributed by atoms with van der Waals surface area (Å²) in [6.45, 7) is 6.86. The van der Waals surface area contributed by atoms with Crippen LogP contribution in [0.25, 0.3) is 0 Å². The average Bonchev–Trinajstić information content (AvgIpc) is 3.24. The van der Waals surface area contributed by atoms with Gasteiger partial charge in [0.2, 0.25) is 11.8 Å². The van der Waals surface area contributed by atoms with E-state index in [2.05, 4.69) is 41.7 Å². The number of amides is 2. The lowest BCUT2D eigenvalue weighted by Gasteiger charge is -2.41. The van der Waals surface area contributed by atoms with Crippen molar-refractivity contribution >= 4 is 30.2 Å². The van der Waals surface area contributed by atoms with Crippen LogP contribution in [0.15, 0.2) is 54.6 Å². The molecule has 1 unspecified atom stereocenters. The Hall–Kier alpha value is -2.90. The number of halogens is 1. The second-order valence-electron chi connectivity index (χ2n) is 12.1. The number of nitrogens with two attached hydrogens (primary N) is 1. The van der Waals surface area contributed by atoms with E-state index in [-0.39, 0.29) is 35.6 Å². The van der Waals surface area contributed by atoms with Gasteiger partial charge in [0.05, 0.1) is 12.1 Å². The number of likely N-dealkylation sites (tertiary alicyclic amines) is 1. The fourth-order valence-electron chi connectivity index (χ4n) is 6.42. The molecule has 1 saturated heterocycles. The van der Waals surface area contributed by atoms with Gasteiger partial charge in [-0.2, -0.15) is 0 Å². The van der Waals surface area contributed by atoms with E-state index in [4.69, 9.17) is 10.5 Å². The van der Waals surface area contributed by atoms with Crippen LogP contribution < -0.4 is 11.1 Å². The van der Waals surface area contributed by atoms with Crippen LogP contribution in [0, 0.1) is 0 Å². The number of carbonyl (C=O) groups excluding carboxylic acids is 3. The number of ether oxygens (including phenoxy) is 1. The van der Waals surface area contributed by atoms with Crippen LogP contribution in [0.4, 0.5) is 0 Å². The maximum absolute atomic E-state index is 13.8. The van der Waals surface area contributed by atoms with Crippen LogP contribution in [-0.4, -0.2) is 54.0 Å². The van der Waals surface area contributed by atoms with Gasteiger partial charge >= 0.3 is 5.97 Å². The van der Waals surface area contributed by atoms with E-state index in [0.717, 1.165) is 38.5 Å². The Morgan fingerprint density at radius 2 is 1.73 bits per heavy atom. The van der Waals surface area contributed by atoms with Crippen molar-refractivity contribution in [2.45, 2.75) is 95.1 Å². The molecular formula is C33H46ClN3O4. The van der Waals surface area contributed by atoms with Gasteiger partial charge in [0.1, 0.15) is 6.04 Å². The molecule has 1 fully saturated rings. The second kappa shape index (κ2) is 14.3. The zero-order chi connectivity index (χ0) is 28.8. The molecule has 7 nitrogen and oxygen atoms in total. The standard InChI is InChI=1S/C33H45N3O4.ClH/c1-4-40-29(37)18-17-25-23-33(27-15-9-8-14-26(25)27)19-21-36(22-20-33)30(38)28(35-31(39)32(2,3)34)16-10-13-24-11-6-5-7-12-24;/h5-9,11-12,14-15,25,28H,4,10,13,16-23,34H2,1-3H3,(H,35,39);1H/t25?,28-;/m1./s1. The SMILES string of the molecule is CCOC(=O)CCC1CC2(CCN(C(=O)[C@@H](CCCc3ccccc3)NC(=O)C(C)(C)N)CC2)c2ccccc21.Cl. The molecule has 0 bridgehead atoms. The van der Waals surface area contributed by atoms with Crippen molar-refractivity contribution in [3.05, 3.63) is 71.3 Å². The zero-order valence-electron chi connectivity index (χ0n) is 24.7. The average molecular weight is 584 g/mol. The van der Waals surface area contributed by atoms with Crippen molar-refractivity contribution < 1.29 is 19.1 Å². The number of carbonyl (C=O) groups is 3. The molecule has 41 heavy (non-hydrogen) atoms. The number of hydrogen-bond donors (Lipinski definition) is 2. The van der Waals surface area contributed by atoms with Crippen molar-refractivity contribution in [2.24, 2.45) is 5.73 Å². The molecule has 2 aromatic rings. The number of esters is 1. The summed E-state index contributed by atoms with van der Waals surface area (Å²) >= 11 is 0. The molecule has 1 heterocycles. The number of fused-ring (bicyclic) bond motifs is 2. The van der Waals surface area contributed by atoms with E-state index in [1.807, 2.05) is 30.0 Å². The lowest BCUT2D eigenvalue weighted by molar-refractivity contribution is -0.143. The summed E-state index contributed by atoms with van der Waals surface area (Å²) in [5, 5.41) is 2.96. The summed E-state index contributed by atoms with van der Waals surface area (Å²) in [4.78, 5) is 40.5. The summed E-state index contributed by atoms with van der Waals surface area (Å²) in [6, 6.07) is 18.2. The number of hydrogen-bond acceptors (Lipinski definition) is 5. The molecule has 2 atom stereocenters. The number of nitrogens with one attached hydrogen (secondary N) is 1. The van der Waals surface area contributed by atoms with E-state index in [9.17, 15) is 14.4 Å². The monoisotopic (exact) mass is 583 g/mol. The van der Waals surface area contributed by atoms with Gasteiger partial charge in [-0.3, -0.25) is 14.4 Å². The summed E-state index contributed by atoms with van der Waals surface area (Å²) in [5.74, 6) is -0.152. The van der Waals surface area contributed by atoms with Gasteiger partial charge in [-0.05, 0) is 93.7 Å². The van der Waals surface area contributed by atoms with Crippen LogP contribution in [0.2, 0.25) is 0 Å². The largest absolute Gasteiger partial charge is 0.466 e. The van der Waals surface area contributed by atoms with E-state index in [1.54, 1.807) is 13.8 Å². The number of piperidine rings is 1. The Labute approximate surface area is 251 Å². The van der Waals surface area contributed by atoms with Crippen molar-refractivity contribution in [3.8, 4) is 0 Å². The predicted octanol–water partition coefficient (Wildman–Crippen LogP) is 5.04. The topological polar surface area (TPSA) is 102 Å². The van der Waals surface area contributed by atoms with Crippen LogP contribution in [-0.2, 0) is 31.0 Å². The van der Waals surface area contributed by atoms with E-state index in [0.29, 0.717) is 38.5 Å². The lowest BCUT2D eigenvalue weighted by atomic mass is 9.73. The minimum Gasteiger partial charge on any atom is -0.466 e. The van der Waals surface area contributed by atoms with Gasteiger partial charge in [0.15, 0.2) is 0 Å². The second-order valence-corrected chi connectivity index (χ2v) is 12.1. The molecular weight excluding hydrogens is 538 g/mol. The van der Waals surface area contributed by atoms with Crippen LogP contribution in [0.1, 0.15) is 88.3 Å². The minimum atomic E-state index is -1.06. The first-order valence-corrected chi connectivity index (χ1v) is 14.8. The highest BCUT2D eigenvalue weighted by Gasteiger charge is 2.46. The van der Waals surface area contributed by atoms with Gasteiger partial charge in [-0.15, -0.1) is 12.4 Å². The molecule has 1 aliphatic heterocycles. The van der Waals surface area contributed by atoms with E-state index < -0.39 is 11.6 Å². The molecule has 4 rings (SSSR count). The van der Waals surface area contributed by atoms with Crippen LogP contribution >= 0.6 is 12.4 Å². The Balaban J connectivity index is 0.00000462. The summed E-state index contributed by atoms with van der Waals surface area (Å²) in [6.07, 6.45) is 6.15. The van der Waals surface area contributed by atoms with Crippen molar-refractivity contribution in [1.82, 2.24) is 10.2 Å². The van der Waals surface area contributed by atoms with Crippen molar-refractivity contribution in [3.63, 3.8) is 0 Å². The highest BCUT2D eigenvalue weighted by molar-refractivity contribution is 5.91. The van der Waals surface area contributed by atoms with Crippen molar-refractivity contribution in [1.29, 1.82) is 0 Å². The molecule has 224 valence electrons. The third-order valence-corrected chi connectivity index (χ3v) is 8.63. The maximum atomic E-state index is 13.8. The molecule has 1 aliphatic carbocycles. The first-order chi connectivity index (χ1) is 19.1. The molecule has 2 amide bonds. The molecule has 0 aromatic heterocycles. The number of benzene rings is 2. The number of nitrogens with zero attached hydrogens (tertiary/aromatic N) is 1. The minimum absolute atomic E-state index is 0. The van der Waals surface area contributed by atoms with E-state index in [1.165, 1.54) is 16.7 Å². The van der Waals surface area contributed by atoms with Crippen molar-refractivity contribution in [2.75, 3.05) is 19.7 Å². The number of aryl methyl sites for hydroxylation is 1. The summed E-state index contributed by atoms with van der Waals surface area (Å²) in [5.41, 5.74) is 8.93. The number of rotatable bonds is 11. The van der Waals surface area contributed by atoms with Gasteiger partial charge < -0.3 is 20.7 Å².